The fourth-order valence-electron chi connectivity index (χ4n) is 1.35. The average Bonchev–Trinajstić information content (AvgIpc) is 2.87. The van der Waals surface area contributed by atoms with Crippen molar-refractivity contribution in [3.8, 4) is 6.07 Å². The van der Waals surface area contributed by atoms with Crippen LogP contribution in [-0.2, 0) is 0 Å². The zero-order valence-corrected chi connectivity index (χ0v) is 12.2. The van der Waals surface area contributed by atoms with Gasteiger partial charge in [-0.25, -0.2) is 0 Å². The molecule has 9 heteroatoms. The monoisotopic (exact) mass is 307 g/mol. The Morgan fingerprint density at radius 2 is 2.20 bits per heavy atom. The molecule has 0 spiro atoms. The Morgan fingerprint density at radius 1 is 1.45 bits per heavy atom. The molecule has 0 atom stereocenters. The highest BCUT2D eigenvalue weighted by Crippen LogP contribution is 2.34. The molecule has 2 aromatic rings. The number of anilines is 1. The van der Waals surface area contributed by atoms with Gasteiger partial charge in [0.2, 0.25) is 5.13 Å². The summed E-state index contributed by atoms with van der Waals surface area (Å²) in [6, 6.07) is 6.28. The number of nitriles is 1. The van der Waals surface area contributed by atoms with Crippen LogP contribution in [-0.4, -0.2) is 29.2 Å². The first-order valence-electron chi connectivity index (χ1n) is 5.38. The smallest absolute Gasteiger partial charge is 0.288 e. The summed E-state index contributed by atoms with van der Waals surface area (Å²) >= 11 is 2.67. The standard InChI is InChI=1S/C11H9N5O2S2/c1-15(2)10-13-14-11(20-10)19-8-4-3-7(6-12)9(5-8)16(17)18/h3-5H,1-2H3. The molecule has 0 bridgehead atoms. The molecule has 0 unspecified atom stereocenters. The van der Waals surface area contributed by atoms with Crippen molar-refractivity contribution in [2.24, 2.45) is 0 Å². The van der Waals surface area contributed by atoms with Gasteiger partial charge in [0.25, 0.3) is 5.69 Å². The molecule has 0 fully saturated rings. The zero-order chi connectivity index (χ0) is 14.7. The van der Waals surface area contributed by atoms with Crippen LogP contribution in [0.25, 0.3) is 0 Å². The van der Waals surface area contributed by atoms with Gasteiger partial charge in [0.1, 0.15) is 11.6 Å². The minimum absolute atomic E-state index is 0.0468. The summed E-state index contributed by atoms with van der Waals surface area (Å²) in [5.74, 6) is 0. The quantitative estimate of drug-likeness (QED) is 0.632. The molecule has 1 aromatic carbocycles. The average molecular weight is 307 g/mol. The van der Waals surface area contributed by atoms with E-state index in [-0.39, 0.29) is 11.3 Å². The first kappa shape index (κ1) is 14.2. The number of rotatable bonds is 4. The third-order valence-electron chi connectivity index (χ3n) is 2.27. The van der Waals surface area contributed by atoms with E-state index in [2.05, 4.69) is 10.2 Å². The Balaban J connectivity index is 2.27. The third kappa shape index (κ3) is 3.04. The second kappa shape index (κ2) is 5.85. The van der Waals surface area contributed by atoms with Crippen LogP contribution in [0.1, 0.15) is 5.56 Å². The van der Waals surface area contributed by atoms with Gasteiger partial charge in [0.05, 0.1) is 4.92 Å². The molecule has 7 nitrogen and oxygen atoms in total. The van der Waals surface area contributed by atoms with Crippen molar-refractivity contribution >= 4 is 33.9 Å². The largest absolute Gasteiger partial charge is 0.353 e. The number of hydrogen-bond acceptors (Lipinski definition) is 8. The summed E-state index contributed by atoms with van der Waals surface area (Å²) in [4.78, 5) is 12.8. The summed E-state index contributed by atoms with van der Waals surface area (Å²) in [5, 5.41) is 28.5. The van der Waals surface area contributed by atoms with Crippen molar-refractivity contribution in [1.82, 2.24) is 10.2 Å². The van der Waals surface area contributed by atoms with Crippen molar-refractivity contribution in [3.63, 3.8) is 0 Å². The molecule has 0 amide bonds. The van der Waals surface area contributed by atoms with Crippen molar-refractivity contribution in [3.05, 3.63) is 33.9 Å². The fourth-order valence-corrected chi connectivity index (χ4v) is 3.12. The molecule has 20 heavy (non-hydrogen) atoms. The lowest BCUT2D eigenvalue weighted by Gasteiger charge is -2.03. The van der Waals surface area contributed by atoms with Gasteiger partial charge in [-0.3, -0.25) is 10.1 Å². The predicted octanol–water partition coefficient (Wildman–Crippen LogP) is 2.54. The van der Waals surface area contributed by atoms with E-state index in [9.17, 15) is 10.1 Å². The number of nitrogens with zero attached hydrogens (tertiary/aromatic N) is 5. The molecule has 0 aliphatic carbocycles. The van der Waals surface area contributed by atoms with Gasteiger partial charge in [0.15, 0.2) is 4.34 Å². The summed E-state index contributed by atoms with van der Waals surface area (Å²) in [5.41, 5.74) is -0.152. The van der Waals surface area contributed by atoms with E-state index in [4.69, 9.17) is 5.26 Å². The highest BCUT2D eigenvalue weighted by molar-refractivity contribution is 8.01. The third-order valence-corrected chi connectivity index (χ3v) is 4.40. The lowest BCUT2D eigenvalue weighted by molar-refractivity contribution is -0.385. The molecule has 0 aliphatic heterocycles. The van der Waals surface area contributed by atoms with E-state index in [1.165, 1.54) is 35.2 Å². The van der Waals surface area contributed by atoms with Gasteiger partial charge in [-0.15, -0.1) is 10.2 Å². The van der Waals surface area contributed by atoms with Gasteiger partial charge >= 0.3 is 0 Å². The number of aromatic nitrogens is 2. The van der Waals surface area contributed by atoms with Crippen molar-refractivity contribution < 1.29 is 4.92 Å². The first-order chi connectivity index (χ1) is 9.51. The number of hydrogen-bond donors (Lipinski definition) is 0. The lowest BCUT2D eigenvalue weighted by atomic mass is 10.2. The fraction of sp³-hybridized carbons (Fsp3) is 0.182. The van der Waals surface area contributed by atoms with Gasteiger partial charge < -0.3 is 4.90 Å². The highest BCUT2D eigenvalue weighted by atomic mass is 32.2. The van der Waals surface area contributed by atoms with Crippen LogP contribution in [0.2, 0.25) is 0 Å². The topological polar surface area (TPSA) is 96.0 Å². The van der Waals surface area contributed by atoms with Crippen LogP contribution in [0, 0.1) is 21.4 Å². The van der Waals surface area contributed by atoms with E-state index in [0.717, 1.165) is 5.13 Å². The number of nitro groups is 1. The van der Waals surface area contributed by atoms with E-state index in [0.29, 0.717) is 9.24 Å². The Hall–Kier alpha value is -2.18. The van der Waals surface area contributed by atoms with E-state index >= 15 is 0 Å². The van der Waals surface area contributed by atoms with Crippen LogP contribution >= 0.6 is 23.1 Å². The molecule has 0 N–H and O–H groups in total. The van der Waals surface area contributed by atoms with E-state index in [1.807, 2.05) is 19.0 Å². The molecular formula is C11H9N5O2S2. The Kier molecular flexibility index (Phi) is 4.16. The van der Waals surface area contributed by atoms with Gasteiger partial charge in [-0.1, -0.05) is 23.1 Å². The highest BCUT2D eigenvalue weighted by Gasteiger charge is 2.16. The predicted molar refractivity (Wildman–Crippen MR) is 76.2 cm³/mol. The van der Waals surface area contributed by atoms with Crippen molar-refractivity contribution in [2.75, 3.05) is 19.0 Å². The molecule has 2 rings (SSSR count). The molecule has 0 saturated heterocycles. The van der Waals surface area contributed by atoms with E-state index < -0.39 is 4.92 Å². The second-order valence-electron chi connectivity index (χ2n) is 3.89. The molecule has 102 valence electrons. The molecular weight excluding hydrogens is 298 g/mol. The summed E-state index contributed by atoms with van der Waals surface area (Å²) in [6.45, 7) is 0. The van der Waals surface area contributed by atoms with Crippen LogP contribution in [0.3, 0.4) is 0 Å². The van der Waals surface area contributed by atoms with Crippen molar-refractivity contribution in [1.29, 1.82) is 5.26 Å². The number of benzene rings is 1. The molecule has 1 aromatic heterocycles. The van der Waals surface area contributed by atoms with E-state index in [1.54, 1.807) is 12.1 Å². The van der Waals surface area contributed by atoms with Crippen molar-refractivity contribution in [2.45, 2.75) is 9.24 Å². The maximum absolute atomic E-state index is 10.9. The Labute approximate surface area is 123 Å². The van der Waals surface area contributed by atoms with Crippen LogP contribution < -0.4 is 4.90 Å². The number of nitro benzene ring substituents is 1. The van der Waals surface area contributed by atoms with Crippen LogP contribution in [0.4, 0.5) is 10.8 Å². The van der Waals surface area contributed by atoms with Gasteiger partial charge in [-0.2, -0.15) is 5.26 Å². The summed E-state index contributed by atoms with van der Waals surface area (Å²) in [6.07, 6.45) is 0. The molecule has 0 aliphatic rings. The maximum Gasteiger partial charge on any atom is 0.288 e. The maximum atomic E-state index is 10.9. The molecule has 0 radical (unpaired) electrons. The zero-order valence-electron chi connectivity index (χ0n) is 10.6. The van der Waals surface area contributed by atoms with Gasteiger partial charge in [-0.05, 0) is 12.1 Å². The minimum Gasteiger partial charge on any atom is -0.353 e. The SMILES string of the molecule is CN(C)c1nnc(Sc2ccc(C#N)c([N+](=O)[O-])c2)s1. The molecule has 0 saturated carbocycles. The Bertz CT molecular complexity index is 692. The summed E-state index contributed by atoms with van der Waals surface area (Å²) in [7, 11) is 3.73. The first-order valence-corrected chi connectivity index (χ1v) is 7.02. The van der Waals surface area contributed by atoms with Crippen LogP contribution in [0.15, 0.2) is 27.4 Å². The second-order valence-corrected chi connectivity index (χ2v) is 6.17. The Morgan fingerprint density at radius 3 is 2.75 bits per heavy atom. The molecule has 1 heterocycles. The minimum atomic E-state index is -0.562. The van der Waals surface area contributed by atoms with Crippen LogP contribution in [0.5, 0.6) is 0 Å². The lowest BCUT2D eigenvalue weighted by Crippen LogP contribution is -2.07. The summed E-state index contributed by atoms with van der Waals surface area (Å²) < 4.78 is 0.688. The normalized spacial score (nSPS) is 10.1. The van der Waals surface area contributed by atoms with Gasteiger partial charge in [0, 0.05) is 25.1 Å².